The summed E-state index contributed by atoms with van der Waals surface area (Å²) in [5, 5.41) is 16.9. The summed E-state index contributed by atoms with van der Waals surface area (Å²) in [6.07, 6.45) is 1.68. The van der Waals surface area contributed by atoms with E-state index in [-0.39, 0.29) is 12.5 Å². The van der Waals surface area contributed by atoms with Gasteiger partial charge < -0.3 is 13.9 Å². The van der Waals surface area contributed by atoms with E-state index in [4.69, 9.17) is 30.8 Å². The molecule has 7 heteroatoms. The number of nitriles is 1. The second-order valence-corrected chi connectivity index (χ2v) is 5.53. The van der Waals surface area contributed by atoms with Crippen LogP contribution >= 0.6 is 11.6 Å². The molecule has 1 aromatic heterocycles. The Morgan fingerprint density at radius 3 is 2.73 bits per heavy atom. The molecule has 0 N–H and O–H groups in total. The van der Waals surface area contributed by atoms with Crippen molar-refractivity contribution in [2.24, 2.45) is 0 Å². The van der Waals surface area contributed by atoms with Gasteiger partial charge in [-0.15, -0.1) is 10.2 Å². The molecular weight excluding hydrogens is 354 g/mol. The van der Waals surface area contributed by atoms with Crippen molar-refractivity contribution in [2.75, 3.05) is 13.7 Å². The van der Waals surface area contributed by atoms with Crippen LogP contribution in [-0.2, 0) is 0 Å². The first kappa shape index (κ1) is 17.5. The molecule has 0 aliphatic heterocycles. The molecule has 0 spiro atoms. The first-order valence-corrected chi connectivity index (χ1v) is 8.03. The standard InChI is InChI=1S/C19H14ClN3O3/c1-24-17-12-13(7-8-16(17)25-10-9-21)11-15(20)19-23-22-18(26-19)14-5-3-2-4-6-14/h2-8,11-12H,10H2,1H3/b15-11-. The molecule has 0 fully saturated rings. The fourth-order valence-corrected chi connectivity index (χ4v) is 2.43. The van der Waals surface area contributed by atoms with Crippen LogP contribution < -0.4 is 9.47 Å². The number of hydrogen-bond acceptors (Lipinski definition) is 6. The highest BCUT2D eigenvalue weighted by Gasteiger charge is 2.12. The molecule has 26 heavy (non-hydrogen) atoms. The molecule has 0 bridgehead atoms. The maximum Gasteiger partial charge on any atom is 0.259 e. The molecule has 0 amide bonds. The minimum atomic E-state index is -0.0590. The smallest absolute Gasteiger partial charge is 0.259 e. The van der Waals surface area contributed by atoms with E-state index in [9.17, 15) is 0 Å². The summed E-state index contributed by atoms with van der Waals surface area (Å²) < 4.78 is 16.2. The Bertz CT molecular complexity index is 962. The van der Waals surface area contributed by atoms with Crippen molar-refractivity contribution >= 4 is 22.7 Å². The van der Waals surface area contributed by atoms with Crippen LogP contribution in [0.1, 0.15) is 11.5 Å². The molecule has 3 aromatic rings. The van der Waals surface area contributed by atoms with E-state index in [0.29, 0.717) is 22.4 Å². The van der Waals surface area contributed by atoms with Gasteiger partial charge in [0.2, 0.25) is 5.89 Å². The van der Waals surface area contributed by atoms with Gasteiger partial charge in [-0.2, -0.15) is 5.26 Å². The number of ether oxygens (including phenoxy) is 2. The number of aromatic nitrogens is 2. The van der Waals surface area contributed by atoms with Crippen LogP contribution in [0.5, 0.6) is 11.5 Å². The van der Waals surface area contributed by atoms with Crippen molar-refractivity contribution in [2.45, 2.75) is 0 Å². The Morgan fingerprint density at radius 2 is 2.00 bits per heavy atom. The molecular formula is C19H14ClN3O3. The number of hydrogen-bond donors (Lipinski definition) is 0. The number of rotatable bonds is 6. The SMILES string of the molecule is COc1cc(/C=C(\Cl)c2nnc(-c3ccccc3)o2)ccc1OCC#N. The first-order valence-electron chi connectivity index (χ1n) is 7.65. The van der Waals surface area contributed by atoms with Gasteiger partial charge in [-0.05, 0) is 35.9 Å². The maximum absolute atomic E-state index is 8.61. The average Bonchev–Trinajstić information content (AvgIpc) is 3.18. The fraction of sp³-hybridized carbons (Fsp3) is 0.105. The molecule has 0 unspecified atom stereocenters. The number of nitrogens with zero attached hydrogens (tertiary/aromatic N) is 3. The Balaban J connectivity index is 1.84. The van der Waals surface area contributed by atoms with Crippen LogP contribution in [0.25, 0.3) is 22.6 Å². The summed E-state index contributed by atoms with van der Waals surface area (Å²) in [5.74, 6) is 1.58. The van der Waals surface area contributed by atoms with E-state index < -0.39 is 0 Å². The Kier molecular flexibility index (Phi) is 5.52. The highest BCUT2D eigenvalue weighted by molar-refractivity contribution is 6.50. The molecule has 6 nitrogen and oxygen atoms in total. The fourth-order valence-electron chi connectivity index (χ4n) is 2.23. The number of halogens is 1. The van der Waals surface area contributed by atoms with Gasteiger partial charge >= 0.3 is 0 Å². The molecule has 0 aliphatic rings. The van der Waals surface area contributed by atoms with Gasteiger partial charge in [-0.25, -0.2) is 0 Å². The summed E-state index contributed by atoms with van der Waals surface area (Å²) in [4.78, 5) is 0. The largest absolute Gasteiger partial charge is 0.493 e. The lowest BCUT2D eigenvalue weighted by Crippen LogP contribution is -1.96. The van der Waals surface area contributed by atoms with Crippen LogP contribution in [0, 0.1) is 11.3 Å². The minimum absolute atomic E-state index is 0.0590. The van der Waals surface area contributed by atoms with Crippen molar-refractivity contribution in [1.82, 2.24) is 10.2 Å². The van der Waals surface area contributed by atoms with Gasteiger partial charge in [0.05, 0.1) is 7.11 Å². The number of methoxy groups -OCH3 is 1. The lowest BCUT2D eigenvalue weighted by Gasteiger charge is -2.08. The molecule has 1 heterocycles. The summed E-state index contributed by atoms with van der Waals surface area (Å²) in [6, 6.07) is 16.6. The van der Waals surface area contributed by atoms with Crippen molar-refractivity contribution in [3.8, 4) is 29.0 Å². The highest BCUT2D eigenvalue weighted by Crippen LogP contribution is 2.31. The van der Waals surface area contributed by atoms with Crippen molar-refractivity contribution < 1.29 is 13.9 Å². The van der Waals surface area contributed by atoms with Gasteiger partial charge in [0.25, 0.3) is 5.89 Å². The van der Waals surface area contributed by atoms with E-state index in [1.54, 1.807) is 24.3 Å². The van der Waals surface area contributed by atoms with E-state index >= 15 is 0 Å². The second-order valence-electron chi connectivity index (χ2n) is 5.13. The molecule has 2 aromatic carbocycles. The van der Waals surface area contributed by atoms with E-state index in [1.807, 2.05) is 36.4 Å². The molecule has 3 rings (SSSR count). The van der Waals surface area contributed by atoms with Gasteiger partial charge in [-0.3, -0.25) is 0 Å². The third-order valence-corrected chi connectivity index (χ3v) is 3.69. The predicted octanol–water partition coefficient (Wildman–Crippen LogP) is 4.38. The van der Waals surface area contributed by atoms with Gasteiger partial charge in [-0.1, -0.05) is 35.9 Å². The zero-order chi connectivity index (χ0) is 18.4. The van der Waals surface area contributed by atoms with Crippen molar-refractivity contribution in [1.29, 1.82) is 5.26 Å². The summed E-state index contributed by atoms with van der Waals surface area (Å²) in [6.45, 7) is -0.0590. The molecule has 0 saturated carbocycles. The third kappa shape index (κ3) is 4.02. The quantitative estimate of drug-likeness (QED) is 0.642. The predicted molar refractivity (Wildman–Crippen MR) is 97.6 cm³/mol. The van der Waals surface area contributed by atoms with Crippen LogP contribution in [0.3, 0.4) is 0 Å². The summed E-state index contributed by atoms with van der Waals surface area (Å²) in [5.41, 5.74) is 1.58. The average molecular weight is 368 g/mol. The maximum atomic E-state index is 8.61. The topological polar surface area (TPSA) is 81.2 Å². The first-order chi connectivity index (χ1) is 12.7. The van der Waals surface area contributed by atoms with Crippen LogP contribution in [0.2, 0.25) is 0 Å². The Morgan fingerprint density at radius 1 is 1.19 bits per heavy atom. The highest BCUT2D eigenvalue weighted by atomic mass is 35.5. The molecule has 0 saturated heterocycles. The van der Waals surface area contributed by atoms with Gasteiger partial charge in [0.15, 0.2) is 18.1 Å². The van der Waals surface area contributed by atoms with Crippen LogP contribution in [0.4, 0.5) is 0 Å². The Labute approximate surface area is 155 Å². The third-order valence-electron chi connectivity index (χ3n) is 3.42. The van der Waals surface area contributed by atoms with Gasteiger partial charge in [0, 0.05) is 5.56 Å². The normalized spacial score (nSPS) is 11.0. The van der Waals surface area contributed by atoms with E-state index in [0.717, 1.165) is 11.1 Å². The summed E-state index contributed by atoms with van der Waals surface area (Å²) in [7, 11) is 1.52. The second kappa shape index (κ2) is 8.19. The molecule has 130 valence electrons. The van der Waals surface area contributed by atoms with Crippen LogP contribution in [0.15, 0.2) is 52.9 Å². The molecule has 0 radical (unpaired) electrons. The molecule has 0 atom stereocenters. The van der Waals surface area contributed by atoms with E-state index in [1.165, 1.54) is 7.11 Å². The summed E-state index contributed by atoms with van der Waals surface area (Å²) >= 11 is 6.31. The lowest BCUT2D eigenvalue weighted by molar-refractivity contribution is 0.329. The minimum Gasteiger partial charge on any atom is -0.493 e. The number of benzene rings is 2. The van der Waals surface area contributed by atoms with Gasteiger partial charge in [0.1, 0.15) is 11.1 Å². The Hall–Kier alpha value is -3.30. The van der Waals surface area contributed by atoms with Crippen LogP contribution in [-0.4, -0.2) is 23.9 Å². The van der Waals surface area contributed by atoms with Crippen molar-refractivity contribution in [3.05, 3.63) is 60.0 Å². The zero-order valence-electron chi connectivity index (χ0n) is 13.8. The zero-order valence-corrected chi connectivity index (χ0v) is 14.6. The van der Waals surface area contributed by atoms with Crippen molar-refractivity contribution in [3.63, 3.8) is 0 Å². The molecule has 0 aliphatic carbocycles. The lowest BCUT2D eigenvalue weighted by atomic mass is 10.2. The van der Waals surface area contributed by atoms with E-state index in [2.05, 4.69) is 10.2 Å². The monoisotopic (exact) mass is 367 g/mol.